The van der Waals surface area contributed by atoms with Crippen LogP contribution < -0.4 is 4.90 Å². The zero-order chi connectivity index (χ0) is 28.7. The van der Waals surface area contributed by atoms with Crippen LogP contribution in [0.3, 0.4) is 0 Å². The fourth-order valence-corrected chi connectivity index (χ4v) is 8.71. The minimum absolute atomic E-state index is 0.0616. The molecule has 0 N–H and O–H groups in total. The van der Waals surface area contributed by atoms with Gasteiger partial charge in [0.2, 0.25) is 0 Å². The Morgan fingerprint density at radius 2 is 1.19 bits per heavy atom. The van der Waals surface area contributed by atoms with Crippen LogP contribution in [0.4, 0.5) is 17.1 Å². The van der Waals surface area contributed by atoms with Crippen molar-refractivity contribution in [1.82, 2.24) is 0 Å². The molecule has 0 atom stereocenters. The summed E-state index contributed by atoms with van der Waals surface area (Å²) in [4.78, 5) is 2.46. The maximum atomic E-state index is 2.46. The smallest absolute Gasteiger partial charge is 0.0640 e. The number of fused-ring (bicyclic) bond motifs is 10. The second kappa shape index (κ2) is 9.04. The highest BCUT2D eigenvalue weighted by Crippen LogP contribution is 2.52. The largest absolute Gasteiger partial charge is 0.309 e. The van der Waals surface area contributed by atoms with Crippen LogP contribution >= 0.6 is 11.3 Å². The first-order valence-corrected chi connectivity index (χ1v) is 15.8. The van der Waals surface area contributed by atoms with Gasteiger partial charge in [0, 0.05) is 37.6 Å². The van der Waals surface area contributed by atoms with Crippen molar-refractivity contribution in [1.29, 1.82) is 0 Å². The molecule has 0 amide bonds. The van der Waals surface area contributed by atoms with E-state index in [4.69, 9.17) is 0 Å². The van der Waals surface area contributed by atoms with Gasteiger partial charge in [-0.05, 0) is 68.7 Å². The molecule has 9 rings (SSSR count). The quantitative estimate of drug-likeness (QED) is 0.192. The number of para-hydroxylation sites is 1. The van der Waals surface area contributed by atoms with Crippen LogP contribution in [0, 0.1) is 0 Å². The standard InChI is InChI=1S/C41H29NS/c1-41(2)35-17-9-8-15-31(35)32-24-22-29(25-36(32)41)42(28-12-4-3-5-13-28)37-18-10-16-33-34-23-21-27-20-19-26-11-6-7-14-30(26)38(27)40(34)43-39(33)37/h3-25H,1-2H3. The Morgan fingerprint density at radius 1 is 0.488 bits per heavy atom. The van der Waals surface area contributed by atoms with E-state index in [1.807, 2.05) is 11.3 Å². The molecule has 1 nitrogen and oxygen atoms in total. The average molecular weight is 568 g/mol. The molecule has 1 aromatic heterocycles. The van der Waals surface area contributed by atoms with Crippen LogP contribution in [-0.2, 0) is 5.41 Å². The maximum Gasteiger partial charge on any atom is 0.0640 e. The number of anilines is 3. The van der Waals surface area contributed by atoms with Crippen molar-refractivity contribution < 1.29 is 0 Å². The molecule has 1 heterocycles. The van der Waals surface area contributed by atoms with E-state index in [9.17, 15) is 0 Å². The molecule has 43 heavy (non-hydrogen) atoms. The molecule has 0 saturated carbocycles. The lowest BCUT2D eigenvalue weighted by Crippen LogP contribution is -2.16. The van der Waals surface area contributed by atoms with Crippen molar-refractivity contribution in [2.24, 2.45) is 0 Å². The summed E-state index contributed by atoms with van der Waals surface area (Å²) in [5.74, 6) is 0. The van der Waals surface area contributed by atoms with Crippen LogP contribution in [0.15, 0.2) is 140 Å². The van der Waals surface area contributed by atoms with Crippen molar-refractivity contribution in [2.75, 3.05) is 4.90 Å². The summed E-state index contributed by atoms with van der Waals surface area (Å²) in [6.07, 6.45) is 0. The van der Waals surface area contributed by atoms with Crippen LogP contribution in [0.2, 0.25) is 0 Å². The molecular weight excluding hydrogens is 539 g/mol. The Morgan fingerprint density at radius 3 is 2.09 bits per heavy atom. The Hall–Kier alpha value is -4.92. The third kappa shape index (κ3) is 3.51. The van der Waals surface area contributed by atoms with Gasteiger partial charge in [-0.1, -0.05) is 123 Å². The van der Waals surface area contributed by atoms with Gasteiger partial charge in [-0.3, -0.25) is 0 Å². The molecule has 1 aliphatic carbocycles. The highest BCUT2D eigenvalue weighted by atomic mass is 32.1. The van der Waals surface area contributed by atoms with Gasteiger partial charge in [-0.2, -0.15) is 0 Å². The topological polar surface area (TPSA) is 3.24 Å². The fraction of sp³-hybridized carbons (Fsp3) is 0.0732. The molecule has 0 bridgehead atoms. The number of nitrogens with zero attached hydrogens (tertiary/aromatic N) is 1. The lowest BCUT2D eigenvalue weighted by molar-refractivity contribution is 0.660. The van der Waals surface area contributed by atoms with Crippen molar-refractivity contribution >= 4 is 70.1 Å². The number of hydrogen-bond acceptors (Lipinski definition) is 2. The van der Waals surface area contributed by atoms with Crippen LogP contribution in [-0.4, -0.2) is 0 Å². The molecule has 0 spiro atoms. The lowest BCUT2D eigenvalue weighted by atomic mass is 9.82. The first-order valence-electron chi connectivity index (χ1n) is 14.9. The third-order valence-corrected chi connectivity index (χ3v) is 10.7. The van der Waals surface area contributed by atoms with E-state index in [1.54, 1.807) is 0 Å². The highest BCUT2D eigenvalue weighted by Gasteiger charge is 2.35. The fourth-order valence-electron chi connectivity index (χ4n) is 7.34. The summed E-state index contributed by atoms with van der Waals surface area (Å²) in [6.45, 7) is 4.72. The van der Waals surface area contributed by atoms with E-state index in [1.165, 1.54) is 75.3 Å². The van der Waals surface area contributed by atoms with Gasteiger partial charge in [0.1, 0.15) is 0 Å². The maximum absolute atomic E-state index is 2.46. The van der Waals surface area contributed by atoms with E-state index >= 15 is 0 Å². The van der Waals surface area contributed by atoms with Crippen LogP contribution in [0.25, 0.3) is 52.8 Å². The SMILES string of the molecule is CC1(C)c2ccccc2-c2ccc(N(c3ccccc3)c3cccc4c3sc3c4ccc4ccc5ccccc5c43)cc21. The summed E-state index contributed by atoms with van der Waals surface area (Å²) < 4.78 is 2.67. The van der Waals surface area contributed by atoms with Gasteiger partial charge in [-0.25, -0.2) is 0 Å². The van der Waals surface area contributed by atoms with E-state index in [0.29, 0.717) is 0 Å². The highest BCUT2D eigenvalue weighted by molar-refractivity contribution is 7.27. The monoisotopic (exact) mass is 567 g/mol. The van der Waals surface area contributed by atoms with Gasteiger partial charge < -0.3 is 4.90 Å². The van der Waals surface area contributed by atoms with Gasteiger partial charge in [0.15, 0.2) is 0 Å². The molecule has 7 aromatic carbocycles. The Labute approximate surface area is 255 Å². The second-order valence-electron chi connectivity index (χ2n) is 12.2. The normalized spacial score (nSPS) is 13.5. The summed E-state index contributed by atoms with van der Waals surface area (Å²) in [5.41, 5.74) is 8.98. The molecule has 0 saturated heterocycles. The summed E-state index contributed by atoms with van der Waals surface area (Å²) >= 11 is 1.92. The molecule has 0 unspecified atom stereocenters. The lowest BCUT2D eigenvalue weighted by Gasteiger charge is -2.28. The molecule has 1 aliphatic rings. The van der Waals surface area contributed by atoms with Gasteiger partial charge in [0.05, 0.1) is 10.4 Å². The summed E-state index contributed by atoms with van der Waals surface area (Å²) in [6, 6.07) is 51.5. The first kappa shape index (κ1) is 24.7. The van der Waals surface area contributed by atoms with E-state index in [0.717, 1.165) is 5.69 Å². The van der Waals surface area contributed by atoms with Crippen molar-refractivity contribution in [3.05, 3.63) is 151 Å². The summed E-state index contributed by atoms with van der Waals surface area (Å²) in [5, 5.41) is 7.88. The second-order valence-corrected chi connectivity index (χ2v) is 13.2. The molecular formula is C41H29NS. The zero-order valence-electron chi connectivity index (χ0n) is 24.1. The van der Waals surface area contributed by atoms with Gasteiger partial charge in [0.25, 0.3) is 0 Å². The number of benzene rings is 7. The number of rotatable bonds is 3. The van der Waals surface area contributed by atoms with E-state index in [-0.39, 0.29) is 5.41 Å². The average Bonchev–Trinajstić information content (AvgIpc) is 3.55. The van der Waals surface area contributed by atoms with Gasteiger partial charge in [-0.15, -0.1) is 11.3 Å². The third-order valence-electron chi connectivity index (χ3n) is 9.43. The Kier molecular flexibility index (Phi) is 5.18. The number of thiophene rings is 1. The van der Waals surface area contributed by atoms with Crippen LogP contribution in [0.1, 0.15) is 25.0 Å². The van der Waals surface area contributed by atoms with E-state index in [2.05, 4.69) is 158 Å². The predicted octanol–water partition coefficient (Wildman–Crippen LogP) is 12.1. The minimum Gasteiger partial charge on any atom is -0.309 e. The molecule has 0 aliphatic heterocycles. The first-order chi connectivity index (χ1) is 21.1. The van der Waals surface area contributed by atoms with Gasteiger partial charge >= 0.3 is 0 Å². The molecule has 2 heteroatoms. The molecule has 204 valence electrons. The summed E-state index contributed by atoms with van der Waals surface area (Å²) in [7, 11) is 0. The molecule has 0 fully saturated rings. The number of hydrogen-bond donors (Lipinski definition) is 0. The zero-order valence-corrected chi connectivity index (χ0v) is 25.0. The Balaban J connectivity index is 1.32. The minimum atomic E-state index is -0.0616. The van der Waals surface area contributed by atoms with Crippen molar-refractivity contribution in [3.8, 4) is 11.1 Å². The van der Waals surface area contributed by atoms with Crippen molar-refractivity contribution in [2.45, 2.75) is 19.3 Å². The van der Waals surface area contributed by atoms with E-state index < -0.39 is 0 Å². The molecule has 8 aromatic rings. The van der Waals surface area contributed by atoms with Crippen LogP contribution in [0.5, 0.6) is 0 Å². The Bertz CT molecular complexity index is 2380. The predicted molar refractivity (Wildman–Crippen MR) is 187 cm³/mol. The molecule has 0 radical (unpaired) electrons. The van der Waals surface area contributed by atoms with Crippen molar-refractivity contribution in [3.63, 3.8) is 0 Å².